The number of benzene rings is 2. The molecule has 0 saturated carbocycles. The molecule has 2 aromatic carbocycles. The third kappa shape index (κ3) is 4.46. The summed E-state index contributed by atoms with van der Waals surface area (Å²) in [6.07, 6.45) is 2.15. The molecule has 0 aliphatic rings. The highest BCUT2D eigenvalue weighted by Gasteiger charge is 2.07. The Morgan fingerprint density at radius 3 is 2.67 bits per heavy atom. The van der Waals surface area contributed by atoms with Crippen molar-refractivity contribution in [2.75, 3.05) is 5.32 Å². The third-order valence-corrected chi connectivity index (χ3v) is 3.87. The van der Waals surface area contributed by atoms with Crippen LogP contribution in [0.1, 0.15) is 16.7 Å². The Hall–Kier alpha value is -2.59. The van der Waals surface area contributed by atoms with Crippen molar-refractivity contribution < 1.29 is 4.79 Å². The number of aryl methyl sites for hydroxylation is 1. The maximum atomic E-state index is 12.1. The molecule has 0 unspecified atom stereocenters. The summed E-state index contributed by atoms with van der Waals surface area (Å²) in [5.41, 5.74) is 3.31. The van der Waals surface area contributed by atoms with Crippen LogP contribution >= 0.6 is 11.6 Å². The lowest BCUT2D eigenvalue weighted by Gasteiger charge is -2.04. The first-order valence-corrected chi connectivity index (χ1v) is 8.09. The molecule has 0 spiro atoms. The summed E-state index contributed by atoms with van der Waals surface area (Å²) >= 11 is 5.84. The molecule has 0 fully saturated rings. The van der Waals surface area contributed by atoms with Crippen LogP contribution in [0.25, 0.3) is 0 Å². The Kier molecular flexibility index (Phi) is 4.96. The Morgan fingerprint density at radius 2 is 1.92 bits per heavy atom. The van der Waals surface area contributed by atoms with E-state index in [0.29, 0.717) is 23.8 Å². The molecule has 4 nitrogen and oxygen atoms in total. The SMILES string of the molecule is Cc1cccc(Cn2ccc(NC(=O)Cc3ccc(Cl)cc3)n2)c1. The number of hydrogen-bond donors (Lipinski definition) is 1. The van der Waals surface area contributed by atoms with Crippen molar-refractivity contribution in [3.8, 4) is 0 Å². The van der Waals surface area contributed by atoms with Gasteiger partial charge in [0, 0.05) is 17.3 Å². The number of nitrogens with zero attached hydrogens (tertiary/aromatic N) is 2. The van der Waals surface area contributed by atoms with E-state index in [0.717, 1.165) is 5.56 Å². The highest BCUT2D eigenvalue weighted by atomic mass is 35.5. The first-order valence-electron chi connectivity index (χ1n) is 7.72. The van der Waals surface area contributed by atoms with E-state index in [-0.39, 0.29) is 5.91 Å². The lowest BCUT2D eigenvalue weighted by atomic mass is 10.1. The Balaban J connectivity index is 1.59. The van der Waals surface area contributed by atoms with Crippen molar-refractivity contribution in [2.45, 2.75) is 19.9 Å². The fraction of sp³-hybridized carbons (Fsp3) is 0.158. The van der Waals surface area contributed by atoms with Crippen LogP contribution in [0.15, 0.2) is 60.8 Å². The summed E-state index contributed by atoms with van der Waals surface area (Å²) in [6, 6.07) is 17.3. The minimum atomic E-state index is -0.0990. The van der Waals surface area contributed by atoms with Gasteiger partial charge in [-0.15, -0.1) is 0 Å². The van der Waals surface area contributed by atoms with Gasteiger partial charge in [0.25, 0.3) is 0 Å². The van der Waals surface area contributed by atoms with Crippen molar-refractivity contribution in [1.29, 1.82) is 0 Å². The minimum absolute atomic E-state index is 0.0990. The summed E-state index contributed by atoms with van der Waals surface area (Å²) in [5.74, 6) is 0.458. The molecule has 1 amide bonds. The third-order valence-electron chi connectivity index (χ3n) is 3.61. The van der Waals surface area contributed by atoms with Gasteiger partial charge in [-0.25, -0.2) is 0 Å². The van der Waals surface area contributed by atoms with Gasteiger partial charge in [-0.3, -0.25) is 9.48 Å². The van der Waals surface area contributed by atoms with Crippen molar-refractivity contribution >= 4 is 23.3 Å². The number of nitrogens with one attached hydrogen (secondary N) is 1. The van der Waals surface area contributed by atoms with Crippen LogP contribution in [0.2, 0.25) is 5.02 Å². The molecule has 1 heterocycles. The van der Waals surface area contributed by atoms with Gasteiger partial charge in [-0.2, -0.15) is 5.10 Å². The number of carbonyl (C=O) groups excluding carboxylic acids is 1. The number of aromatic nitrogens is 2. The van der Waals surface area contributed by atoms with Crippen LogP contribution in [0.3, 0.4) is 0 Å². The fourth-order valence-electron chi connectivity index (χ4n) is 2.49. The standard InChI is InChI=1S/C19H18ClN3O/c1-14-3-2-4-16(11-14)13-23-10-9-18(22-23)21-19(24)12-15-5-7-17(20)8-6-15/h2-11H,12-13H2,1H3,(H,21,22,24). The second-order valence-electron chi connectivity index (χ2n) is 5.74. The van der Waals surface area contributed by atoms with Gasteiger partial charge < -0.3 is 5.32 Å². The van der Waals surface area contributed by atoms with Crippen LogP contribution in [0, 0.1) is 6.92 Å². The smallest absolute Gasteiger partial charge is 0.229 e. The van der Waals surface area contributed by atoms with Crippen LogP contribution in [-0.2, 0) is 17.8 Å². The first-order chi connectivity index (χ1) is 11.6. The monoisotopic (exact) mass is 339 g/mol. The molecule has 24 heavy (non-hydrogen) atoms. The molecule has 3 aromatic rings. The highest BCUT2D eigenvalue weighted by Crippen LogP contribution is 2.12. The Bertz CT molecular complexity index is 840. The molecule has 0 radical (unpaired) electrons. The maximum absolute atomic E-state index is 12.1. The molecule has 1 N–H and O–H groups in total. The summed E-state index contributed by atoms with van der Waals surface area (Å²) in [4.78, 5) is 12.1. The number of hydrogen-bond acceptors (Lipinski definition) is 2. The van der Waals surface area contributed by atoms with Gasteiger partial charge in [0.2, 0.25) is 5.91 Å². The molecule has 3 rings (SSSR count). The molecule has 1 aromatic heterocycles. The van der Waals surface area contributed by atoms with E-state index >= 15 is 0 Å². The normalized spacial score (nSPS) is 10.6. The maximum Gasteiger partial charge on any atom is 0.229 e. The van der Waals surface area contributed by atoms with Gasteiger partial charge in [0.1, 0.15) is 0 Å². The van der Waals surface area contributed by atoms with E-state index in [2.05, 4.69) is 35.5 Å². The molecule has 0 aliphatic carbocycles. The van der Waals surface area contributed by atoms with E-state index in [1.807, 2.05) is 29.1 Å². The lowest BCUT2D eigenvalue weighted by molar-refractivity contribution is -0.115. The minimum Gasteiger partial charge on any atom is -0.309 e. The van der Waals surface area contributed by atoms with Crippen molar-refractivity contribution in [1.82, 2.24) is 9.78 Å². The molecule has 0 atom stereocenters. The number of amides is 1. The molecule has 5 heteroatoms. The summed E-state index contributed by atoms with van der Waals surface area (Å²) in [7, 11) is 0. The van der Waals surface area contributed by atoms with E-state index in [1.165, 1.54) is 11.1 Å². The van der Waals surface area contributed by atoms with E-state index in [4.69, 9.17) is 11.6 Å². The fourth-order valence-corrected chi connectivity index (χ4v) is 2.61. The molecule has 122 valence electrons. The molecule has 0 bridgehead atoms. The number of carbonyl (C=O) groups is 1. The largest absolute Gasteiger partial charge is 0.309 e. The number of anilines is 1. The van der Waals surface area contributed by atoms with Gasteiger partial charge >= 0.3 is 0 Å². The molecule has 0 aliphatic heterocycles. The van der Waals surface area contributed by atoms with Gasteiger partial charge in [-0.1, -0.05) is 53.6 Å². The summed E-state index contributed by atoms with van der Waals surface area (Å²) in [6.45, 7) is 2.74. The van der Waals surface area contributed by atoms with Crippen molar-refractivity contribution in [3.63, 3.8) is 0 Å². The topological polar surface area (TPSA) is 46.9 Å². The second-order valence-corrected chi connectivity index (χ2v) is 6.18. The quantitative estimate of drug-likeness (QED) is 0.761. The predicted molar refractivity (Wildman–Crippen MR) is 96.3 cm³/mol. The van der Waals surface area contributed by atoms with Crippen LogP contribution < -0.4 is 5.32 Å². The van der Waals surface area contributed by atoms with Crippen LogP contribution in [-0.4, -0.2) is 15.7 Å². The van der Waals surface area contributed by atoms with Crippen LogP contribution in [0.4, 0.5) is 5.82 Å². The second kappa shape index (κ2) is 7.32. The number of halogens is 1. The molecular formula is C19H18ClN3O. The van der Waals surface area contributed by atoms with Gasteiger partial charge in [0.05, 0.1) is 13.0 Å². The van der Waals surface area contributed by atoms with E-state index < -0.39 is 0 Å². The predicted octanol–water partition coefficient (Wildman–Crippen LogP) is 4.07. The summed E-state index contributed by atoms with van der Waals surface area (Å²) in [5, 5.41) is 7.87. The number of rotatable bonds is 5. The molecular weight excluding hydrogens is 322 g/mol. The Labute approximate surface area is 146 Å². The highest BCUT2D eigenvalue weighted by molar-refractivity contribution is 6.30. The zero-order valence-electron chi connectivity index (χ0n) is 13.4. The zero-order chi connectivity index (χ0) is 16.9. The average Bonchev–Trinajstić information content (AvgIpc) is 2.96. The van der Waals surface area contributed by atoms with E-state index in [9.17, 15) is 4.79 Å². The van der Waals surface area contributed by atoms with Gasteiger partial charge in [-0.05, 0) is 30.2 Å². The van der Waals surface area contributed by atoms with Crippen LogP contribution in [0.5, 0.6) is 0 Å². The van der Waals surface area contributed by atoms with E-state index in [1.54, 1.807) is 18.2 Å². The first kappa shape index (κ1) is 16.3. The zero-order valence-corrected chi connectivity index (χ0v) is 14.1. The summed E-state index contributed by atoms with van der Waals surface area (Å²) < 4.78 is 1.81. The lowest BCUT2D eigenvalue weighted by Crippen LogP contribution is -2.15. The van der Waals surface area contributed by atoms with Gasteiger partial charge in [0.15, 0.2) is 5.82 Å². The molecule has 0 saturated heterocycles. The van der Waals surface area contributed by atoms with Crippen molar-refractivity contribution in [2.24, 2.45) is 0 Å². The Morgan fingerprint density at radius 1 is 1.12 bits per heavy atom. The van der Waals surface area contributed by atoms with Crippen molar-refractivity contribution in [3.05, 3.63) is 82.5 Å². The average molecular weight is 340 g/mol.